The van der Waals surface area contributed by atoms with Crippen LogP contribution in [0.5, 0.6) is 5.75 Å². The largest absolute Gasteiger partial charge is 0.485 e. The molecule has 1 saturated heterocycles. The number of hydrogen-bond donors (Lipinski definition) is 2. The topological polar surface area (TPSA) is 107 Å². The van der Waals surface area contributed by atoms with Crippen LogP contribution >= 0.6 is 0 Å². The molecule has 0 aliphatic carbocycles. The summed E-state index contributed by atoms with van der Waals surface area (Å²) in [5.74, 6) is 0.601. The fourth-order valence-corrected chi connectivity index (χ4v) is 3.44. The summed E-state index contributed by atoms with van der Waals surface area (Å²) in [5.41, 5.74) is 0.0490. The number of nitrogens with one attached hydrogen (secondary N) is 1. The molecule has 3 rings (SSSR count). The van der Waals surface area contributed by atoms with E-state index in [-0.39, 0.29) is 5.96 Å². The summed E-state index contributed by atoms with van der Waals surface area (Å²) in [6.07, 6.45) is 3.00. The number of guanidine groups is 1. The molecule has 1 fully saturated rings. The predicted molar refractivity (Wildman–Crippen MR) is 90.6 cm³/mol. The Kier molecular flexibility index (Phi) is 4.28. The molecular weight excluding hydrogens is 318 g/mol. The molecule has 0 saturated carbocycles. The van der Waals surface area contributed by atoms with Gasteiger partial charge in [-0.3, -0.25) is 5.41 Å². The number of hydrogen-bond acceptors (Lipinski definition) is 5. The average Bonchev–Trinajstić information content (AvgIpc) is 3.12. The summed E-state index contributed by atoms with van der Waals surface area (Å²) >= 11 is 0. The molecule has 2 aliphatic heterocycles. The molecule has 7 heteroatoms. The van der Waals surface area contributed by atoms with Crippen LogP contribution in [0.1, 0.15) is 43.9 Å². The smallest absolute Gasteiger partial charge is 0.207 e. The number of rotatable bonds is 1. The van der Waals surface area contributed by atoms with Crippen molar-refractivity contribution in [1.29, 1.82) is 15.9 Å². The van der Waals surface area contributed by atoms with E-state index in [0.717, 1.165) is 25.9 Å². The maximum atomic E-state index is 10.9. The SMILES string of the molecule is CC1(C)Oc2ccc(C#N)cc2[C@H](N(C#N)C(=N)N2CCCC2)[C@H]1O. The van der Waals surface area contributed by atoms with Crippen molar-refractivity contribution in [2.24, 2.45) is 0 Å². The Balaban J connectivity index is 2.07. The molecule has 25 heavy (non-hydrogen) atoms. The Morgan fingerprint density at radius 2 is 2.04 bits per heavy atom. The van der Waals surface area contributed by atoms with Gasteiger partial charge in [0.25, 0.3) is 0 Å². The van der Waals surface area contributed by atoms with Gasteiger partial charge in [0.05, 0.1) is 11.6 Å². The fourth-order valence-electron chi connectivity index (χ4n) is 3.44. The van der Waals surface area contributed by atoms with E-state index in [9.17, 15) is 15.6 Å². The van der Waals surface area contributed by atoms with Gasteiger partial charge in [-0.1, -0.05) is 0 Å². The molecule has 0 spiro atoms. The average molecular weight is 339 g/mol. The minimum atomic E-state index is -1.03. The van der Waals surface area contributed by atoms with Crippen molar-refractivity contribution in [2.75, 3.05) is 13.1 Å². The molecule has 7 nitrogen and oxygen atoms in total. The van der Waals surface area contributed by atoms with Crippen molar-refractivity contribution < 1.29 is 9.84 Å². The zero-order valence-corrected chi connectivity index (χ0v) is 14.4. The maximum Gasteiger partial charge on any atom is 0.207 e. The molecule has 1 aromatic carbocycles. The first-order valence-electron chi connectivity index (χ1n) is 8.32. The summed E-state index contributed by atoms with van der Waals surface area (Å²) in [4.78, 5) is 3.08. The van der Waals surface area contributed by atoms with Gasteiger partial charge in [-0.15, -0.1) is 0 Å². The summed E-state index contributed by atoms with van der Waals surface area (Å²) in [5, 5.41) is 38.3. The second kappa shape index (κ2) is 6.27. The quantitative estimate of drug-likeness (QED) is 0.350. The van der Waals surface area contributed by atoms with Crippen LogP contribution in [0.4, 0.5) is 0 Å². The second-order valence-corrected chi connectivity index (χ2v) is 6.95. The molecule has 0 aromatic heterocycles. The highest BCUT2D eigenvalue weighted by molar-refractivity contribution is 5.79. The van der Waals surface area contributed by atoms with Gasteiger partial charge in [-0.25, -0.2) is 4.90 Å². The van der Waals surface area contributed by atoms with Gasteiger partial charge < -0.3 is 14.7 Å². The van der Waals surface area contributed by atoms with Crippen molar-refractivity contribution >= 4 is 5.96 Å². The van der Waals surface area contributed by atoms with Gasteiger partial charge in [0.2, 0.25) is 5.96 Å². The first kappa shape index (κ1) is 17.1. The third kappa shape index (κ3) is 2.88. The third-order valence-electron chi connectivity index (χ3n) is 4.86. The van der Waals surface area contributed by atoms with Crippen LogP contribution in [-0.4, -0.2) is 45.7 Å². The minimum Gasteiger partial charge on any atom is -0.485 e. The lowest BCUT2D eigenvalue weighted by Crippen LogP contribution is -2.55. The summed E-state index contributed by atoms with van der Waals surface area (Å²) in [6.45, 7) is 4.96. The highest BCUT2D eigenvalue weighted by atomic mass is 16.5. The highest BCUT2D eigenvalue weighted by Gasteiger charge is 2.47. The van der Waals surface area contributed by atoms with Crippen LogP contribution in [0, 0.1) is 28.2 Å². The van der Waals surface area contributed by atoms with Crippen LogP contribution in [0.15, 0.2) is 18.2 Å². The van der Waals surface area contributed by atoms with E-state index in [2.05, 4.69) is 12.3 Å². The zero-order valence-electron chi connectivity index (χ0n) is 14.4. The van der Waals surface area contributed by atoms with E-state index >= 15 is 0 Å². The molecule has 2 N–H and O–H groups in total. The van der Waals surface area contributed by atoms with Gasteiger partial charge in [0.1, 0.15) is 23.5 Å². The molecule has 0 bridgehead atoms. The first-order chi connectivity index (χ1) is 11.9. The van der Waals surface area contributed by atoms with Gasteiger partial charge in [0, 0.05) is 18.7 Å². The third-order valence-corrected chi connectivity index (χ3v) is 4.86. The minimum absolute atomic E-state index is 0.0788. The Morgan fingerprint density at radius 3 is 2.64 bits per heavy atom. The van der Waals surface area contributed by atoms with E-state index in [1.165, 1.54) is 4.90 Å². The number of ether oxygens (including phenoxy) is 1. The van der Waals surface area contributed by atoms with Crippen molar-refractivity contribution in [3.8, 4) is 18.0 Å². The second-order valence-electron chi connectivity index (χ2n) is 6.95. The zero-order chi connectivity index (χ0) is 18.2. The monoisotopic (exact) mass is 339 g/mol. The molecule has 0 amide bonds. The number of likely N-dealkylation sites (tertiary alicyclic amines) is 1. The molecule has 0 unspecified atom stereocenters. The van der Waals surface area contributed by atoms with Gasteiger partial charge in [-0.05, 0) is 44.9 Å². The van der Waals surface area contributed by atoms with Crippen LogP contribution in [0.25, 0.3) is 0 Å². The molecule has 1 aromatic rings. The van der Waals surface area contributed by atoms with E-state index in [1.54, 1.807) is 32.0 Å². The first-order valence-corrected chi connectivity index (χ1v) is 8.32. The molecule has 0 radical (unpaired) electrons. The van der Waals surface area contributed by atoms with Crippen molar-refractivity contribution in [2.45, 2.75) is 44.4 Å². The van der Waals surface area contributed by atoms with Crippen LogP contribution in [0.2, 0.25) is 0 Å². The molecule has 2 aliphatic rings. The number of aliphatic hydroxyl groups is 1. The molecular formula is C18H21N5O2. The summed E-state index contributed by atoms with van der Waals surface area (Å²) in [7, 11) is 0. The Labute approximate surface area is 147 Å². The van der Waals surface area contributed by atoms with Crippen molar-refractivity contribution in [1.82, 2.24) is 9.80 Å². The number of fused-ring (bicyclic) bond motifs is 1. The van der Waals surface area contributed by atoms with E-state index in [0.29, 0.717) is 16.9 Å². The van der Waals surface area contributed by atoms with E-state index in [4.69, 9.17) is 10.1 Å². The Bertz CT molecular complexity index is 771. The number of nitriles is 2. The summed E-state index contributed by atoms with van der Waals surface area (Å²) < 4.78 is 5.88. The summed E-state index contributed by atoms with van der Waals surface area (Å²) in [6, 6.07) is 6.25. The molecule has 130 valence electrons. The van der Waals surface area contributed by atoms with Crippen LogP contribution < -0.4 is 4.74 Å². The van der Waals surface area contributed by atoms with E-state index in [1.807, 2.05) is 4.90 Å². The van der Waals surface area contributed by atoms with Gasteiger partial charge >= 0.3 is 0 Å². The Hall–Kier alpha value is -2.77. The molecule has 2 atom stereocenters. The highest BCUT2D eigenvalue weighted by Crippen LogP contribution is 2.43. The molecule has 2 heterocycles. The number of aliphatic hydroxyl groups excluding tert-OH is 1. The number of nitrogens with zero attached hydrogens (tertiary/aromatic N) is 4. The van der Waals surface area contributed by atoms with Gasteiger partial charge in [0.15, 0.2) is 6.19 Å². The van der Waals surface area contributed by atoms with Crippen molar-refractivity contribution in [3.63, 3.8) is 0 Å². The van der Waals surface area contributed by atoms with Crippen LogP contribution in [0.3, 0.4) is 0 Å². The lowest BCUT2D eigenvalue weighted by Gasteiger charge is -2.45. The van der Waals surface area contributed by atoms with Crippen molar-refractivity contribution in [3.05, 3.63) is 29.3 Å². The number of benzene rings is 1. The Morgan fingerprint density at radius 1 is 1.36 bits per heavy atom. The normalized spacial score (nSPS) is 23.8. The fraction of sp³-hybridized carbons (Fsp3) is 0.500. The maximum absolute atomic E-state index is 10.9. The lowest BCUT2D eigenvalue weighted by atomic mass is 9.85. The van der Waals surface area contributed by atoms with Gasteiger partial charge in [-0.2, -0.15) is 10.5 Å². The standard InChI is InChI=1S/C18H21N5O2/c1-18(2)16(24)15(13-9-12(10-19)5-6-14(13)25-18)23(11-20)17(21)22-7-3-4-8-22/h5-6,9,15-16,21,24H,3-4,7-8H2,1-2H3/t15-,16+/m0/s1. The predicted octanol–water partition coefficient (Wildman–Crippen LogP) is 1.94. The van der Waals surface area contributed by atoms with E-state index < -0.39 is 17.7 Å². The lowest BCUT2D eigenvalue weighted by molar-refractivity contribution is -0.0761. The van der Waals surface area contributed by atoms with Crippen LogP contribution in [-0.2, 0) is 0 Å².